The van der Waals surface area contributed by atoms with Gasteiger partial charge in [-0.15, -0.1) is 0 Å². The lowest BCUT2D eigenvalue weighted by Crippen LogP contribution is -1.96. The first-order valence-corrected chi connectivity index (χ1v) is 6.60. The van der Waals surface area contributed by atoms with E-state index < -0.39 is 0 Å². The number of phenolic OH excluding ortho intramolecular Hbond substituents is 1. The van der Waals surface area contributed by atoms with Gasteiger partial charge in [0.05, 0.1) is 11.9 Å². The lowest BCUT2D eigenvalue weighted by molar-refractivity contribution is 0.464. The highest BCUT2D eigenvalue weighted by atomic mass is 16.3. The standard InChI is InChI=1S/C16H19N3O/c1-11(2)15-9-13(12(3)8-16(15)20)10-18-19-14-4-6-17-7-5-14/h4-11,20H,1-3H3,(H,17,19)/b18-10+. The molecule has 0 bridgehead atoms. The van der Waals surface area contributed by atoms with E-state index in [0.29, 0.717) is 5.75 Å². The molecule has 0 fully saturated rings. The topological polar surface area (TPSA) is 57.5 Å². The minimum Gasteiger partial charge on any atom is -0.508 e. The Morgan fingerprint density at radius 1 is 1.25 bits per heavy atom. The van der Waals surface area contributed by atoms with Gasteiger partial charge in [0.25, 0.3) is 0 Å². The number of aryl methyl sites for hydroxylation is 1. The zero-order valence-electron chi connectivity index (χ0n) is 12.0. The van der Waals surface area contributed by atoms with Crippen LogP contribution >= 0.6 is 0 Å². The number of pyridine rings is 1. The number of aromatic nitrogens is 1. The molecule has 2 aromatic rings. The minimum atomic E-state index is 0.274. The van der Waals surface area contributed by atoms with Gasteiger partial charge in [-0.2, -0.15) is 5.10 Å². The van der Waals surface area contributed by atoms with Crippen LogP contribution in [0, 0.1) is 6.92 Å². The van der Waals surface area contributed by atoms with Gasteiger partial charge in [0.1, 0.15) is 5.75 Å². The fourth-order valence-corrected chi connectivity index (χ4v) is 1.93. The van der Waals surface area contributed by atoms with Crippen molar-refractivity contribution in [3.8, 4) is 5.75 Å². The van der Waals surface area contributed by atoms with Gasteiger partial charge in [-0.1, -0.05) is 13.8 Å². The summed E-state index contributed by atoms with van der Waals surface area (Å²) in [5.74, 6) is 0.618. The normalized spacial score (nSPS) is 11.2. The summed E-state index contributed by atoms with van der Waals surface area (Å²) in [5.41, 5.74) is 6.75. The Morgan fingerprint density at radius 2 is 1.95 bits per heavy atom. The van der Waals surface area contributed by atoms with E-state index in [1.165, 1.54) is 0 Å². The van der Waals surface area contributed by atoms with Crippen molar-refractivity contribution < 1.29 is 5.11 Å². The van der Waals surface area contributed by atoms with Gasteiger partial charge in [-0.25, -0.2) is 0 Å². The van der Waals surface area contributed by atoms with Crippen molar-refractivity contribution in [3.63, 3.8) is 0 Å². The molecule has 0 spiro atoms. The molecular weight excluding hydrogens is 250 g/mol. The molecule has 0 unspecified atom stereocenters. The number of nitrogens with one attached hydrogen (secondary N) is 1. The Balaban J connectivity index is 2.18. The van der Waals surface area contributed by atoms with E-state index in [1.807, 2.05) is 25.1 Å². The van der Waals surface area contributed by atoms with Crippen molar-refractivity contribution in [2.75, 3.05) is 5.43 Å². The van der Waals surface area contributed by atoms with E-state index in [-0.39, 0.29) is 5.92 Å². The molecule has 0 aliphatic carbocycles. The molecule has 0 saturated heterocycles. The average Bonchev–Trinajstić information content (AvgIpc) is 2.42. The van der Waals surface area contributed by atoms with Gasteiger partial charge in [-0.3, -0.25) is 10.4 Å². The Hall–Kier alpha value is -2.36. The van der Waals surface area contributed by atoms with Crippen LogP contribution in [-0.2, 0) is 0 Å². The molecule has 1 heterocycles. The third-order valence-corrected chi connectivity index (χ3v) is 3.11. The summed E-state index contributed by atoms with van der Waals surface area (Å²) in [7, 11) is 0. The SMILES string of the molecule is Cc1cc(O)c(C(C)C)cc1/C=N/Nc1ccncc1. The predicted octanol–water partition coefficient (Wildman–Crippen LogP) is 3.67. The van der Waals surface area contributed by atoms with Crippen molar-refractivity contribution in [1.82, 2.24) is 4.98 Å². The molecule has 4 heteroatoms. The molecule has 1 aromatic carbocycles. The number of benzene rings is 1. The fraction of sp³-hybridized carbons (Fsp3) is 0.250. The second kappa shape index (κ2) is 6.19. The molecule has 4 nitrogen and oxygen atoms in total. The summed E-state index contributed by atoms with van der Waals surface area (Å²) in [5, 5.41) is 14.1. The van der Waals surface area contributed by atoms with Crippen molar-refractivity contribution in [2.45, 2.75) is 26.7 Å². The number of hydrogen-bond acceptors (Lipinski definition) is 4. The maximum absolute atomic E-state index is 9.92. The van der Waals surface area contributed by atoms with Crippen LogP contribution in [0.1, 0.15) is 36.5 Å². The summed E-state index contributed by atoms with van der Waals surface area (Å²) in [6, 6.07) is 7.46. The highest BCUT2D eigenvalue weighted by Crippen LogP contribution is 2.28. The molecular formula is C16H19N3O. The van der Waals surface area contributed by atoms with Crippen molar-refractivity contribution >= 4 is 11.9 Å². The molecule has 104 valence electrons. The number of phenols is 1. The quantitative estimate of drug-likeness (QED) is 0.657. The zero-order valence-corrected chi connectivity index (χ0v) is 12.0. The molecule has 20 heavy (non-hydrogen) atoms. The van der Waals surface area contributed by atoms with E-state index in [9.17, 15) is 5.11 Å². The summed E-state index contributed by atoms with van der Waals surface area (Å²) >= 11 is 0. The van der Waals surface area contributed by atoms with Crippen LogP contribution in [-0.4, -0.2) is 16.3 Å². The van der Waals surface area contributed by atoms with E-state index in [0.717, 1.165) is 22.4 Å². The molecule has 1 aromatic heterocycles. The smallest absolute Gasteiger partial charge is 0.119 e. The summed E-state index contributed by atoms with van der Waals surface area (Å²) < 4.78 is 0. The highest BCUT2D eigenvalue weighted by Gasteiger charge is 2.08. The summed E-state index contributed by atoms with van der Waals surface area (Å²) in [6.07, 6.45) is 5.18. The predicted molar refractivity (Wildman–Crippen MR) is 82.4 cm³/mol. The maximum Gasteiger partial charge on any atom is 0.119 e. The molecule has 0 aliphatic rings. The minimum absolute atomic E-state index is 0.274. The first-order valence-electron chi connectivity index (χ1n) is 6.60. The molecule has 0 saturated carbocycles. The Bertz CT molecular complexity index is 607. The number of anilines is 1. The second-order valence-electron chi connectivity index (χ2n) is 5.03. The Morgan fingerprint density at radius 3 is 2.60 bits per heavy atom. The number of nitrogens with zero attached hydrogens (tertiary/aromatic N) is 2. The molecule has 0 amide bonds. The first-order chi connectivity index (χ1) is 9.58. The molecule has 2 rings (SSSR count). The molecule has 2 N–H and O–H groups in total. The van der Waals surface area contributed by atoms with E-state index in [2.05, 4.69) is 29.4 Å². The van der Waals surface area contributed by atoms with Crippen LogP contribution in [0.5, 0.6) is 5.75 Å². The van der Waals surface area contributed by atoms with E-state index in [1.54, 1.807) is 24.7 Å². The van der Waals surface area contributed by atoms with Gasteiger partial charge >= 0.3 is 0 Å². The average molecular weight is 269 g/mol. The Labute approximate surface area is 119 Å². The van der Waals surface area contributed by atoms with E-state index >= 15 is 0 Å². The van der Waals surface area contributed by atoms with Gasteiger partial charge < -0.3 is 5.11 Å². The number of hydrazone groups is 1. The number of hydrogen-bond donors (Lipinski definition) is 2. The summed E-state index contributed by atoms with van der Waals surface area (Å²) in [4.78, 5) is 3.95. The zero-order chi connectivity index (χ0) is 14.5. The van der Waals surface area contributed by atoms with Gasteiger partial charge in [0.15, 0.2) is 0 Å². The van der Waals surface area contributed by atoms with E-state index in [4.69, 9.17) is 0 Å². The maximum atomic E-state index is 9.92. The molecule has 0 radical (unpaired) electrons. The third kappa shape index (κ3) is 3.35. The van der Waals surface area contributed by atoms with Crippen molar-refractivity contribution in [2.24, 2.45) is 5.10 Å². The fourth-order valence-electron chi connectivity index (χ4n) is 1.93. The lowest BCUT2D eigenvalue weighted by Gasteiger charge is -2.11. The van der Waals surface area contributed by atoms with Crippen LogP contribution in [0.25, 0.3) is 0 Å². The monoisotopic (exact) mass is 269 g/mol. The number of rotatable bonds is 4. The van der Waals surface area contributed by atoms with Crippen LogP contribution in [0.2, 0.25) is 0 Å². The largest absolute Gasteiger partial charge is 0.508 e. The third-order valence-electron chi connectivity index (χ3n) is 3.11. The number of aromatic hydroxyl groups is 1. The van der Waals surface area contributed by atoms with Crippen LogP contribution in [0.15, 0.2) is 41.8 Å². The van der Waals surface area contributed by atoms with Gasteiger partial charge in [0, 0.05) is 12.4 Å². The molecule has 0 aliphatic heterocycles. The van der Waals surface area contributed by atoms with Crippen LogP contribution in [0.4, 0.5) is 5.69 Å². The molecule has 0 atom stereocenters. The van der Waals surface area contributed by atoms with Crippen LogP contribution in [0.3, 0.4) is 0 Å². The second-order valence-corrected chi connectivity index (χ2v) is 5.03. The van der Waals surface area contributed by atoms with Gasteiger partial charge in [0.2, 0.25) is 0 Å². The Kier molecular flexibility index (Phi) is 4.35. The highest BCUT2D eigenvalue weighted by molar-refractivity contribution is 5.83. The van der Waals surface area contributed by atoms with Crippen molar-refractivity contribution in [3.05, 3.63) is 53.3 Å². The van der Waals surface area contributed by atoms with Crippen LogP contribution < -0.4 is 5.43 Å². The lowest BCUT2D eigenvalue weighted by atomic mass is 9.97. The first kappa shape index (κ1) is 14.1. The summed E-state index contributed by atoms with van der Waals surface area (Å²) in [6.45, 7) is 6.07. The van der Waals surface area contributed by atoms with Gasteiger partial charge in [-0.05, 0) is 53.8 Å². The van der Waals surface area contributed by atoms with Crippen molar-refractivity contribution in [1.29, 1.82) is 0 Å².